The topological polar surface area (TPSA) is 55.8 Å². The number of hydrogen-bond donors (Lipinski definition) is 0. The third kappa shape index (κ3) is 4.68. The van der Waals surface area contributed by atoms with E-state index >= 15 is 0 Å². The smallest absolute Gasteiger partial charge is 0.293 e. The monoisotopic (exact) mass is 485 g/mol. The summed E-state index contributed by atoms with van der Waals surface area (Å²) in [6.45, 7) is 0.179. The summed E-state index contributed by atoms with van der Waals surface area (Å²) in [7, 11) is 1.48. The van der Waals surface area contributed by atoms with Gasteiger partial charge in [-0.05, 0) is 54.2 Å². The zero-order valence-electron chi connectivity index (χ0n) is 14.6. The minimum Gasteiger partial charge on any atom is -0.495 e. The number of nitrogens with zero attached hydrogens (tertiary/aromatic N) is 1. The fourth-order valence-electron chi connectivity index (χ4n) is 2.52. The van der Waals surface area contributed by atoms with Gasteiger partial charge in [0, 0.05) is 10.0 Å². The van der Waals surface area contributed by atoms with E-state index < -0.39 is 5.91 Å². The van der Waals surface area contributed by atoms with E-state index in [2.05, 4.69) is 15.9 Å². The minimum atomic E-state index is -0.421. The lowest BCUT2D eigenvalue weighted by molar-refractivity contribution is -0.123. The van der Waals surface area contributed by atoms with Crippen LogP contribution in [0.5, 0.6) is 11.5 Å². The van der Waals surface area contributed by atoms with Crippen LogP contribution in [0.3, 0.4) is 0 Å². The maximum atomic E-state index is 12.9. The fraction of sp³-hybridized carbons (Fsp3) is 0.158. The van der Waals surface area contributed by atoms with Crippen molar-refractivity contribution in [3.05, 3.63) is 62.2 Å². The first-order valence-electron chi connectivity index (χ1n) is 8.06. The summed E-state index contributed by atoms with van der Waals surface area (Å²) in [6.07, 6.45) is 1.57. The average molecular weight is 487 g/mol. The Morgan fingerprint density at radius 1 is 1.25 bits per heavy atom. The van der Waals surface area contributed by atoms with Gasteiger partial charge in [0.05, 0.1) is 23.6 Å². The number of halogens is 3. The number of thioether (sulfide) groups is 1. The van der Waals surface area contributed by atoms with Gasteiger partial charge >= 0.3 is 0 Å². The summed E-state index contributed by atoms with van der Waals surface area (Å²) < 4.78 is 24.4. The molecule has 1 saturated heterocycles. The Balaban J connectivity index is 1.71. The molecule has 0 N–H and O–H groups in total. The predicted octanol–water partition coefficient (Wildman–Crippen LogP) is 5.37. The molecule has 1 heterocycles. The zero-order valence-corrected chi connectivity index (χ0v) is 17.7. The van der Waals surface area contributed by atoms with E-state index in [0.29, 0.717) is 22.1 Å². The normalized spacial score (nSPS) is 15.4. The van der Waals surface area contributed by atoms with Gasteiger partial charge in [-0.25, -0.2) is 4.39 Å². The highest BCUT2D eigenvalue weighted by atomic mass is 79.9. The van der Waals surface area contributed by atoms with Crippen molar-refractivity contribution in [2.45, 2.75) is 0 Å². The van der Waals surface area contributed by atoms with Crippen LogP contribution in [0.25, 0.3) is 6.08 Å². The molecule has 1 aliphatic heterocycles. The maximum Gasteiger partial charge on any atom is 0.293 e. The highest BCUT2D eigenvalue weighted by Gasteiger charge is 2.35. The van der Waals surface area contributed by atoms with Gasteiger partial charge in [-0.15, -0.1) is 0 Å². The summed E-state index contributed by atoms with van der Waals surface area (Å²) >= 11 is 10.3. The van der Waals surface area contributed by atoms with Gasteiger partial charge in [-0.2, -0.15) is 0 Å². The SMILES string of the molecule is COc1c(Cl)cc(Br)cc1/C=C1\SC(=O)N(CCOc2ccc(F)cc2)C1=O. The molecule has 3 rings (SSSR count). The minimum absolute atomic E-state index is 0.0791. The molecule has 0 spiro atoms. The molecular weight excluding hydrogens is 473 g/mol. The molecular formula is C19H14BrClFNO4S. The largest absolute Gasteiger partial charge is 0.495 e. The van der Waals surface area contributed by atoms with Crippen molar-refractivity contribution >= 4 is 56.5 Å². The van der Waals surface area contributed by atoms with E-state index in [1.54, 1.807) is 18.2 Å². The third-order valence-electron chi connectivity index (χ3n) is 3.80. The molecule has 0 unspecified atom stereocenters. The Morgan fingerprint density at radius 2 is 1.96 bits per heavy atom. The van der Waals surface area contributed by atoms with Crippen LogP contribution in [0.15, 0.2) is 45.8 Å². The maximum absolute atomic E-state index is 12.9. The number of ether oxygens (including phenoxy) is 2. The van der Waals surface area contributed by atoms with E-state index in [0.717, 1.165) is 21.1 Å². The number of carbonyl (C=O) groups is 2. The molecule has 28 heavy (non-hydrogen) atoms. The van der Waals surface area contributed by atoms with Gasteiger partial charge in [0.1, 0.15) is 23.9 Å². The number of methoxy groups -OCH3 is 1. The Morgan fingerprint density at radius 3 is 2.64 bits per heavy atom. The summed E-state index contributed by atoms with van der Waals surface area (Å²) in [6, 6.07) is 8.93. The first kappa shape index (κ1) is 20.7. The second kappa shape index (κ2) is 8.98. The fourth-order valence-corrected chi connectivity index (χ4v) is 4.29. The van der Waals surface area contributed by atoms with Gasteiger partial charge < -0.3 is 9.47 Å². The van der Waals surface area contributed by atoms with Gasteiger partial charge in [0.2, 0.25) is 0 Å². The molecule has 0 aromatic heterocycles. The lowest BCUT2D eigenvalue weighted by Gasteiger charge is -2.13. The number of imide groups is 1. The Labute approximate surface area is 178 Å². The quantitative estimate of drug-likeness (QED) is 0.514. The van der Waals surface area contributed by atoms with Crippen molar-refractivity contribution in [1.82, 2.24) is 4.90 Å². The van der Waals surface area contributed by atoms with Gasteiger partial charge in [-0.1, -0.05) is 27.5 Å². The average Bonchev–Trinajstić information content (AvgIpc) is 2.90. The van der Waals surface area contributed by atoms with Crippen molar-refractivity contribution in [2.24, 2.45) is 0 Å². The molecule has 0 saturated carbocycles. The standard InChI is InChI=1S/C19H14BrClFNO4S/c1-26-17-11(8-12(20)10-15(17)21)9-16-18(24)23(19(25)28-16)6-7-27-14-4-2-13(22)3-5-14/h2-5,8-10H,6-7H2,1H3/b16-9-. The van der Waals surface area contributed by atoms with E-state index in [4.69, 9.17) is 21.1 Å². The molecule has 146 valence electrons. The Bertz CT molecular complexity index is 952. The Hall–Kier alpha value is -2.03. The molecule has 2 aromatic carbocycles. The summed E-state index contributed by atoms with van der Waals surface area (Å²) in [4.78, 5) is 26.2. The molecule has 0 atom stereocenters. The van der Waals surface area contributed by atoms with E-state index in [1.165, 1.54) is 31.4 Å². The molecule has 0 bridgehead atoms. The summed E-state index contributed by atoms with van der Waals surface area (Å²) in [5.41, 5.74) is 0.579. The Kier molecular flexibility index (Phi) is 6.64. The summed E-state index contributed by atoms with van der Waals surface area (Å²) in [5.74, 6) is 0.0797. The zero-order chi connectivity index (χ0) is 20.3. The number of carbonyl (C=O) groups excluding carboxylic acids is 2. The second-order valence-corrected chi connectivity index (χ2v) is 7.96. The van der Waals surface area contributed by atoms with Crippen molar-refractivity contribution in [1.29, 1.82) is 0 Å². The van der Waals surface area contributed by atoms with Gasteiger partial charge in [0.15, 0.2) is 0 Å². The van der Waals surface area contributed by atoms with Crippen LogP contribution >= 0.6 is 39.3 Å². The second-order valence-electron chi connectivity index (χ2n) is 5.65. The lowest BCUT2D eigenvalue weighted by atomic mass is 10.2. The number of benzene rings is 2. The molecule has 1 aliphatic rings. The van der Waals surface area contributed by atoms with Crippen LogP contribution in [0.4, 0.5) is 9.18 Å². The van der Waals surface area contributed by atoms with Crippen LogP contribution in [-0.2, 0) is 4.79 Å². The van der Waals surface area contributed by atoms with Crippen molar-refractivity contribution in [3.63, 3.8) is 0 Å². The molecule has 9 heteroatoms. The molecule has 2 amide bonds. The van der Waals surface area contributed by atoms with Gasteiger partial charge in [-0.3, -0.25) is 14.5 Å². The van der Waals surface area contributed by atoms with Crippen LogP contribution in [-0.4, -0.2) is 36.3 Å². The highest BCUT2D eigenvalue weighted by Crippen LogP contribution is 2.37. The predicted molar refractivity (Wildman–Crippen MR) is 110 cm³/mol. The first-order valence-corrected chi connectivity index (χ1v) is 10.0. The first-order chi connectivity index (χ1) is 13.4. The van der Waals surface area contributed by atoms with E-state index in [1.807, 2.05) is 0 Å². The highest BCUT2D eigenvalue weighted by molar-refractivity contribution is 9.10. The van der Waals surface area contributed by atoms with Crippen LogP contribution in [0.1, 0.15) is 5.56 Å². The molecule has 0 radical (unpaired) electrons. The van der Waals surface area contributed by atoms with Crippen LogP contribution in [0, 0.1) is 5.82 Å². The van der Waals surface area contributed by atoms with E-state index in [-0.39, 0.29) is 29.1 Å². The molecule has 0 aliphatic carbocycles. The summed E-state index contributed by atoms with van der Waals surface area (Å²) in [5, 5.41) is -0.00549. The number of hydrogen-bond acceptors (Lipinski definition) is 5. The van der Waals surface area contributed by atoms with Crippen LogP contribution in [0.2, 0.25) is 5.02 Å². The number of rotatable bonds is 6. The van der Waals surface area contributed by atoms with Gasteiger partial charge in [0.25, 0.3) is 11.1 Å². The third-order valence-corrected chi connectivity index (χ3v) is 5.44. The molecule has 1 fully saturated rings. The number of amides is 2. The van der Waals surface area contributed by atoms with Crippen LogP contribution < -0.4 is 9.47 Å². The van der Waals surface area contributed by atoms with E-state index in [9.17, 15) is 14.0 Å². The van der Waals surface area contributed by atoms with Crippen molar-refractivity contribution < 1.29 is 23.5 Å². The van der Waals surface area contributed by atoms with Crippen molar-refractivity contribution in [3.8, 4) is 11.5 Å². The molecule has 2 aromatic rings. The molecule has 5 nitrogen and oxygen atoms in total. The lowest BCUT2D eigenvalue weighted by Crippen LogP contribution is -2.32. The van der Waals surface area contributed by atoms with Crippen molar-refractivity contribution in [2.75, 3.05) is 20.3 Å².